The zero-order valence-corrected chi connectivity index (χ0v) is 17.6. The average Bonchev–Trinajstić information content (AvgIpc) is 2.71. The molecule has 1 aromatic carbocycles. The number of unbranched alkanes of at least 4 members (excludes halogenated alkanes) is 5. The summed E-state index contributed by atoms with van der Waals surface area (Å²) in [5.41, 5.74) is 3.72. The van der Waals surface area contributed by atoms with E-state index in [4.69, 9.17) is 4.74 Å². The molecular formula is C25H39NO. The van der Waals surface area contributed by atoms with Gasteiger partial charge in [0.05, 0.1) is 7.11 Å². The van der Waals surface area contributed by atoms with Gasteiger partial charge in [-0.3, -0.25) is 4.90 Å². The van der Waals surface area contributed by atoms with Gasteiger partial charge in [-0.2, -0.15) is 0 Å². The van der Waals surface area contributed by atoms with Crippen molar-refractivity contribution in [1.29, 1.82) is 0 Å². The third-order valence-corrected chi connectivity index (χ3v) is 7.96. The Hall–Kier alpha value is -1.02. The minimum Gasteiger partial charge on any atom is -0.497 e. The molecule has 2 aliphatic carbocycles. The SMILES string of the molecule is CCCCCCCCN1CC[C@@]23CCCC[C@@H]2[C@@H]1Cc1ccc(OC)cc13. The molecule has 4 rings (SSSR count). The number of benzene rings is 1. The van der Waals surface area contributed by atoms with E-state index in [0.717, 1.165) is 17.7 Å². The van der Waals surface area contributed by atoms with Gasteiger partial charge in [-0.15, -0.1) is 0 Å². The highest BCUT2D eigenvalue weighted by Crippen LogP contribution is 2.56. The van der Waals surface area contributed by atoms with Crippen molar-refractivity contribution in [3.8, 4) is 5.75 Å². The van der Waals surface area contributed by atoms with Crippen LogP contribution in [-0.2, 0) is 11.8 Å². The molecule has 0 radical (unpaired) electrons. The number of ether oxygens (including phenoxy) is 1. The van der Waals surface area contributed by atoms with Crippen LogP contribution in [0, 0.1) is 5.92 Å². The second-order valence-corrected chi connectivity index (χ2v) is 9.36. The molecule has 0 N–H and O–H groups in total. The first-order chi connectivity index (χ1) is 13.3. The molecule has 2 bridgehead atoms. The van der Waals surface area contributed by atoms with Crippen molar-refractivity contribution in [2.45, 2.75) is 95.4 Å². The summed E-state index contributed by atoms with van der Waals surface area (Å²) in [5, 5.41) is 0. The van der Waals surface area contributed by atoms with Crippen LogP contribution in [0.5, 0.6) is 5.75 Å². The zero-order valence-electron chi connectivity index (χ0n) is 17.6. The van der Waals surface area contributed by atoms with Crippen LogP contribution in [0.2, 0.25) is 0 Å². The van der Waals surface area contributed by atoms with Crippen molar-refractivity contribution in [2.75, 3.05) is 20.2 Å². The zero-order chi connectivity index (χ0) is 18.7. The highest BCUT2D eigenvalue weighted by molar-refractivity contribution is 5.45. The van der Waals surface area contributed by atoms with Gasteiger partial charge < -0.3 is 4.74 Å². The maximum absolute atomic E-state index is 5.60. The summed E-state index contributed by atoms with van der Waals surface area (Å²) in [7, 11) is 1.81. The smallest absolute Gasteiger partial charge is 0.119 e. The van der Waals surface area contributed by atoms with Crippen molar-refractivity contribution in [3.05, 3.63) is 29.3 Å². The van der Waals surface area contributed by atoms with E-state index in [9.17, 15) is 0 Å². The number of nitrogens with zero attached hydrogens (tertiary/aromatic N) is 1. The van der Waals surface area contributed by atoms with Crippen LogP contribution in [0.15, 0.2) is 18.2 Å². The fourth-order valence-corrected chi connectivity index (χ4v) is 6.56. The van der Waals surface area contributed by atoms with Crippen LogP contribution >= 0.6 is 0 Å². The summed E-state index contributed by atoms with van der Waals surface area (Å²) in [6.45, 7) is 4.95. The predicted molar refractivity (Wildman–Crippen MR) is 114 cm³/mol. The normalized spacial score (nSPS) is 29.9. The molecule has 3 aliphatic rings. The maximum atomic E-state index is 5.60. The van der Waals surface area contributed by atoms with Gasteiger partial charge in [0.1, 0.15) is 5.75 Å². The van der Waals surface area contributed by atoms with E-state index < -0.39 is 0 Å². The lowest BCUT2D eigenvalue weighted by molar-refractivity contribution is -0.0120. The lowest BCUT2D eigenvalue weighted by Gasteiger charge is -2.59. The minimum atomic E-state index is 0.447. The molecule has 1 aliphatic heterocycles. The van der Waals surface area contributed by atoms with Gasteiger partial charge in [0, 0.05) is 11.5 Å². The van der Waals surface area contributed by atoms with Crippen LogP contribution in [0.1, 0.15) is 88.7 Å². The van der Waals surface area contributed by atoms with Crippen molar-refractivity contribution >= 4 is 0 Å². The highest BCUT2D eigenvalue weighted by Gasteiger charge is 2.53. The summed E-state index contributed by atoms with van der Waals surface area (Å²) in [6.07, 6.45) is 16.8. The summed E-state index contributed by atoms with van der Waals surface area (Å²) >= 11 is 0. The van der Waals surface area contributed by atoms with Gasteiger partial charge in [0.15, 0.2) is 0 Å². The summed E-state index contributed by atoms with van der Waals surface area (Å²) in [4.78, 5) is 2.89. The fraction of sp³-hybridized carbons (Fsp3) is 0.760. The number of piperidine rings is 1. The third-order valence-electron chi connectivity index (χ3n) is 7.96. The van der Waals surface area contributed by atoms with Gasteiger partial charge in [-0.1, -0.05) is 57.9 Å². The Balaban J connectivity index is 1.49. The van der Waals surface area contributed by atoms with Crippen molar-refractivity contribution in [1.82, 2.24) is 4.90 Å². The first kappa shape index (κ1) is 19.3. The summed E-state index contributed by atoms with van der Waals surface area (Å²) in [5.74, 6) is 1.93. The second kappa shape index (κ2) is 8.55. The molecule has 1 aromatic rings. The average molecular weight is 370 g/mol. The van der Waals surface area contributed by atoms with Crippen LogP contribution in [0.4, 0.5) is 0 Å². The van der Waals surface area contributed by atoms with Gasteiger partial charge in [0.2, 0.25) is 0 Å². The Morgan fingerprint density at radius 2 is 1.93 bits per heavy atom. The van der Waals surface area contributed by atoms with Gasteiger partial charge in [0.25, 0.3) is 0 Å². The molecule has 1 saturated heterocycles. The Morgan fingerprint density at radius 3 is 2.78 bits per heavy atom. The Kier molecular flexibility index (Phi) is 6.12. The Morgan fingerprint density at radius 1 is 1.07 bits per heavy atom. The monoisotopic (exact) mass is 369 g/mol. The molecule has 0 amide bonds. The van der Waals surface area contributed by atoms with E-state index in [-0.39, 0.29) is 0 Å². The van der Waals surface area contributed by atoms with Crippen molar-refractivity contribution < 1.29 is 4.74 Å². The number of methoxy groups -OCH3 is 1. The first-order valence-corrected chi connectivity index (χ1v) is 11.7. The minimum absolute atomic E-state index is 0.447. The first-order valence-electron chi connectivity index (χ1n) is 11.7. The molecular weight excluding hydrogens is 330 g/mol. The van der Waals surface area contributed by atoms with Crippen LogP contribution in [-0.4, -0.2) is 31.1 Å². The number of fused-ring (bicyclic) bond motifs is 1. The topological polar surface area (TPSA) is 12.5 Å². The van der Waals surface area contributed by atoms with E-state index in [1.165, 1.54) is 90.1 Å². The number of hydrogen-bond donors (Lipinski definition) is 0. The Bertz CT molecular complexity index is 627. The Labute approximate surface area is 166 Å². The van der Waals surface area contributed by atoms with Gasteiger partial charge in [-0.05, 0) is 74.4 Å². The third kappa shape index (κ3) is 3.67. The van der Waals surface area contributed by atoms with Gasteiger partial charge in [-0.25, -0.2) is 0 Å². The van der Waals surface area contributed by atoms with Crippen molar-refractivity contribution in [2.24, 2.45) is 5.92 Å². The number of rotatable bonds is 8. The molecule has 2 heteroatoms. The van der Waals surface area contributed by atoms with Gasteiger partial charge >= 0.3 is 0 Å². The number of hydrogen-bond acceptors (Lipinski definition) is 2. The van der Waals surface area contributed by atoms with E-state index in [1.807, 2.05) is 7.11 Å². The predicted octanol–water partition coefficient (Wildman–Crippen LogP) is 6.11. The molecule has 27 heavy (non-hydrogen) atoms. The van der Waals surface area contributed by atoms with Crippen LogP contribution < -0.4 is 4.74 Å². The van der Waals surface area contributed by atoms with E-state index in [1.54, 1.807) is 11.1 Å². The quantitative estimate of drug-likeness (QED) is 0.512. The lowest BCUT2D eigenvalue weighted by atomic mass is 9.52. The summed E-state index contributed by atoms with van der Waals surface area (Å²) < 4.78 is 5.60. The highest BCUT2D eigenvalue weighted by atomic mass is 16.5. The molecule has 0 unspecified atom stereocenters. The molecule has 0 spiro atoms. The molecule has 0 aromatic heterocycles. The van der Waals surface area contributed by atoms with Crippen molar-refractivity contribution in [3.63, 3.8) is 0 Å². The van der Waals surface area contributed by atoms with E-state index in [2.05, 4.69) is 30.0 Å². The lowest BCUT2D eigenvalue weighted by Crippen LogP contribution is -2.61. The molecule has 1 heterocycles. The largest absolute Gasteiger partial charge is 0.497 e. The molecule has 150 valence electrons. The molecule has 3 atom stereocenters. The van der Waals surface area contributed by atoms with E-state index >= 15 is 0 Å². The molecule has 2 fully saturated rings. The fourth-order valence-electron chi connectivity index (χ4n) is 6.56. The second-order valence-electron chi connectivity index (χ2n) is 9.36. The molecule has 1 saturated carbocycles. The molecule has 2 nitrogen and oxygen atoms in total. The standard InChI is InChI=1S/C25H39NO/c1-3-4-5-6-7-10-16-26-17-15-25-14-9-8-11-22(25)24(26)18-20-12-13-21(27-2)19-23(20)25/h12-13,19,22,24H,3-11,14-18H2,1-2H3/t22-,24+,25+/m1/s1. The maximum Gasteiger partial charge on any atom is 0.119 e. The van der Waals surface area contributed by atoms with Crippen LogP contribution in [0.25, 0.3) is 0 Å². The number of likely N-dealkylation sites (tertiary alicyclic amines) is 1. The van der Waals surface area contributed by atoms with E-state index in [0.29, 0.717) is 5.41 Å². The summed E-state index contributed by atoms with van der Waals surface area (Å²) in [6, 6.07) is 7.75. The van der Waals surface area contributed by atoms with Crippen LogP contribution in [0.3, 0.4) is 0 Å².